The van der Waals surface area contributed by atoms with Gasteiger partial charge in [0.1, 0.15) is 6.35 Å². The van der Waals surface area contributed by atoms with Crippen LogP contribution in [0.3, 0.4) is 0 Å². The first-order valence-corrected chi connectivity index (χ1v) is 8.85. The summed E-state index contributed by atoms with van der Waals surface area (Å²) < 4.78 is 15.9. The van der Waals surface area contributed by atoms with Gasteiger partial charge in [0, 0.05) is 0 Å². The van der Waals surface area contributed by atoms with Gasteiger partial charge in [-0.25, -0.2) is 0 Å². The summed E-state index contributed by atoms with van der Waals surface area (Å²) in [5, 5.41) is -0.0117. The van der Waals surface area contributed by atoms with E-state index in [0.29, 0.717) is 0 Å². The first kappa shape index (κ1) is 13.3. The zero-order valence-corrected chi connectivity index (χ0v) is 10.8. The Labute approximate surface area is 80.6 Å². The fourth-order valence-electron chi connectivity index (χ4n) is 0.462. The van der Waals surface area contributed by atoms with Gasteiger partial charge in [-0.15, -0.1) is 0 Å². The molecule has 0 saturated heterocycles. The van der Waals surface area contributed by atoms with E-state index in [1.54, 1.807) is 0 Å². The molecule has 13 heavy (non-hydrogen) atoms. The zero-order chi connectivity index (χ0) is 10.9. The second-order valence-corrected chi connectivity index (χ2v) is 11.1. The van der Waals surface area contributed by atoms with Crippen molar-refractivity contribution in [3.63, 3.8) is 0 Å². The second kappa shape index (κ2) is 3.83. The van der Waals surface area contributed by atoms with Crippen LogP contribution in [0.25, 0.3) is 0 Å². The molecule has 0 aliphatic rings. The third kappa shape index (κ3) is 4.93. The topological polar surface area (TPSA) is 66.8 Å². The predicted octanol–water partition coefficient (Wildman–Crippen LogP) is 2.14. The number of hydrogen-bond acceptors (Lipinski definition) is 2. The Hall–Kier alpha value is 0.327. The Morgan fingerprint density at radius 3 is 1.92 bits per heavy atom. The molecule has 0 saturated carbocycles. The molecule has 0 aromatic rings. The molecule has 0 aliphatic heterocycles. The highest BCUT2D eigenvalue weighted by Crippen LogP contribution is 2.41. The Morgan fingerprint density at radius 1 is 1.31 bits per heavy atom. The van der Waals surface area contributed by atoms with Gasteiger partial charge in [0.25, 0.3) is 0 Å². The van der Waals surface area contributed by atoms with Crippen LogP contribution in [0.5, 0.6) is 0 Å². The van der Waals surface area contributed by atoms with Gasteiger partial charge in [-0.3, -0.25) is 4.57 Å². The van der Waals surface area contributed by atoms with Crippen LogP contribution in [0.1, 0.15) is 20.8 Å². The highest BCUT2D eigenvalue weighted by Gasteiger charge is 2.38. The Kier molecular flexibility index (Phi) is 3.92. The van der Waals surface area contributed by atoms with Gasteiger partial charge in [0.15, 0.2) is 8.32 Å². The van der Waals surface area contributed by atoms with Crippen LogP contribution in [0.2, 0.25) is 18.1 Å². The average molecular weight is 226 g/mol. The summed E-state index contributed by atoms with van der Waals surface area (Å²) in [7, 11) is -6.03. The summed E-state index contributed by atoms with van der Waals surface area (Å²) in [5.74, 6) is 0. The standard InChI is InChI=1S/C7H19O4PSi/c1-7(2,3)13(4,5)11-6-12(8,9)10/h6H2,1-5H3,(H2,8,9,10). The first-order valence-electron chi connectivity index (χ1n) is 4.14. The van der Waals surface area contributed by atoms with Gasteiger partial charge in [-0.05, 0) is 18.1 Å². The molecule has 0 heterocycles. The molecule has 0 fully saturated rings. The molecule has 0 rings (SSSR count). The lowest BCUT2D eigenvalue weighted by molar-refractivity contribution is 0.284. The van der Waals surface area contributed by atoms with E-state index in [1.165, 1.54) is 0 Å². The molecular formula is C7H19O4PSi. The average Bonchev–Trinajstić information content (AvgIpc) is 1.79. The van der Waals surface area contributed by atoms with E-state index < -0.39 is 22.3 Å². The first-order chi connectivity index (χ1) is 5.46. The fraction of sp³-hybridized carbons (Fsp3) is 1.00. The molecule has 0 aliphatic carbocycles. The molecule has 0 atom stereocenters. The van der Waals surface area contributed by atoms with Gasteiger partial charge in [0.05, 0.1) is 0 Å². The van der Waals surface area contributed by atoms with E-state index >= 15 is 0 Å². The van der Waals surface area contributed by atoms with E-state index in [2.05, 4.69) is 0 Å². The third-order valence-corrected chi connectivity index (χ3v) is 7.59. The van der Waals surface area contributed by atoms with Crippen LogP contribution < -0.4 is 0 Å². The minimum Gasteiger partial charge on any atom is -0.405 e. The molecule has 0 aromatic heterocycles. The van der Waals surface area contributed by atoms with E-state index in [-0.39, 0.29) is 5.04 Å². The highest BCUT2D eigenvalue weighted by molar-refractivity contribution is 7.51. The zero-order valence-electron chi connectivity index (χ0n) is 8.87. The van der Waals surface area contributed by atoms with Crippen LogP contribution in [-0.4, -0.2) is 24.5 Å². The molecule has 0 spiro atoms. The maximum absolute atomic E-state index is 10.6. The lowest BCUT2D eigenvalue weighted by atomic mass is 10.2. The molecular weight excluding hydrogens is 207 g/mol. The molecule has 0 bridgehead atoms. The van der Waals surface area contributed by atoms with E-state index in [9.17, 15) is 4.57 Å². The molecule has 0 amide bonds. The largest absolute Gasteiger partial charge is 0.405 e. The van der Waals surface area contributed by atoms with Crippen molar-refractivity contribution in [3.05, 3.63) is 0 Å². The van der Waals surface area contributed by atoms with Gasteiger partial charge in [0.2, 0.25) is 0 Å². The summed E-state index contributed by atoms with van der Waals surface area (Å²) in [5.41, 5.74) is 0. The van der Waals surface area contributed by atoms with Crippen molar-refractivity contribution in [2.45, 2.75) is 38.9 Å². The predicted molar refractivity (Wildman–Crippen MR) is 55.2 cm³/mol. The van der Waals surface area contributed by atoms with Crippen LogP contribution in [0.15, 0.2) is 0 Å². The van der Waals surface area contributed by atoms with Crippen molar-refractivity contribution in [1.82, 2.24) is 0 Å². The van der Waals surface area contributed by atoms with E-state index in [0.717, 1.165) is 0 Å². The molecule has 0 unspecified atom stereocenters. The summed E-state index contributed by atoms with van der Waals surface area (Å²) in [4.78, 5) is 17.3. The normalized spacial score (nSPS) is 14.7. The maximum Gasteiger partial charge on any atom is 0.349 e. The monoisotopic (exact) mass is 226 g/mol. The summed E-state index contributed by atoms with van der Waals surface area (Å²) in [6.07, 6.45) is -0.455. The van der Waals surface area contributed by atoms with E-state index in [1.807, 2.05) is 33.9 Å². The van der Waals surface area contributed by atoms with Crippen molar-refractivity contribution >= 4 is 15.9 Å². The SMILES string of the molecule is CC(C)(C)[Si](C)(C)OCP(=O)(O)O. The van der Waals surface area contributed by atoms with Crippen LogP contribution in [0.4, 0.5) is 0 Å². The van der Waals surface area contributed by atoms with Gasteiger partial charge >= 0.3 is 7.60 Å². The van der Waals surface area contributed by atoms with Crippen molar-refractivity contribution in [2.75, 3.05) is 6.35 Å². The lowest BCUT2D eigenvalue weighted by Gasteiger charge is -2.36. The Bertz CT molecular complexity index is 215. The van der Waals surface area contributed by atoms with Crippen LogP contribution in [0, 0.1) is 0 Å². The highest BCUT2D eigenvalue weighted by atomic mass is 31.2. The maximum atomic E-state index is 10.6. The van der Waals surface area contributed by atoms with Gasteiger partial charge < -0.3 is 14.2 Å². The smallest absolute Gasteiger partial charge is 0.349 e. The van der Waals surface area contributed by atoms with Crippen molar-refractivity contribution in [2.24, 2.45) is 0 Å². The second-order valence-electron chi connectivity index (χ2n) is 4.70. The molecule has 6 heteroatoms. The molecule has 4 nitrogen and oxygen atoms in total. The van der Waals surface area contributed by atoms with Crippen LogP contribution >= 0.6 is 7.60 Å². The fourth-order valence-corrected chi connectivity index (χ4v) is 2.86. The van der Waals surface area contributed by atoms with E-state index in [4.69, 9.17) is 14.2 Å². The summed E-state index contributed by atoms with van der Waals surface area (Å²) in [6.45, 7) is 10.0. The Balaban J connectivity index is 4.29. The minimum absolute atomic E-state index is 0.0117. The number of rotatable bonds is 3. The molecule has 2 N–H and O–H groups in total. The molecule has 0 radical (unpaired) electrons. The van der Waals surface area contributed by atoms with Gasteiger partial charge in [-0.2, -0.15) is 0 Å². The quantitative estimate of drug-likeness (QED) is 0.571. The van der Waals surface area contributed by atoms with Crippen LogP contribution in [-0.2, 0) is 8.99 Å². The lowest BCUT2D eigenvalue weighted by Crippen LogP contribution is -2.40. The third-order valence-electron chi connectivity index (χ3n) is 2.40. The molecule has 80 valence electrons. The summed E-state index contributed by atoms with van der Waals surface area (Å²) in [6, 6.07) is 0. The number of hydrogen-bond donors (Lipinski definition) is 2. The minimum atomic E-state index is -4.02. The van der Waals surface area contributed by atoms with Crippen molar-refractivity contribution in [3.8, 4) is 0 Å². The van der Waals surface area contributed by atoms with Crippen molar-refractivity contribution in [1.29, 1.82) is 0 Å². The molecule has 0 aromatic carbocycles. The Morgan fingerprint density at radius 2 is 1.69 bits per heavy atom. The summed E-state index contributed by atoms with van der Waals surface area (Å²) >= 11 is 0. The van der Waals surface area contributed by atoms with Crippen molar-refractivity contribution < 1.29 is 18.8 Å². The van der Waals surface area contributed by atoms with Gasteiger partial charge in [-0.1, -0.05) is 20.8 Å².